The molecule has 0 aliphatic carbocycles. The molecule has 0 aromatic heterocycles. The molecular weight excluding hydrogens is 354 g/mol. The Bertz CT molecular complexity index is 529. The number of aliphatic imine (C=N–C) groups is 1. The molecule has 1 heterocycles. The van der Waals surface area contributed by atoms with Gasteiger partial charge in [-0.1, -0.05) is 32.0 Å². The predicted octanol–water partition coefficient (Wildman–Crippen LogP) is 2.75. The number of benzene rings is 1. The molecule has 1 aliphatic rings. The number of thioether (sulfide) groups is 1. The fourth-order valence-electron chi connectivity index (χ4n) is 3.23. The largest absolute Gasteiger partial charge is 0.356 e. The highest BCUT2D eigenvalue weighted by molar-refractivity contribution is 8.00. The van der Waals surface area contributed by atoms with Crippen LogP contribution in [0.5, 0.6) is 0 Å². The first-order chi connectivity index (χ1) is 13.2. The zero-order chi connectivity index (χ0) is 19.3. The SMILES string of the molecule is CCN1CCN(CCCCNC(=NC)NCC(C)Sc2ccccc2)CC1. The van der Waals surface area contributed by atoms with Crippen LogP contribution < -0.4 is 10.6 Å². The van der Waals surface area contributed by atoms with E-state index in [-0.39, 0.29) is 0 Å². The van der Waals surface area contributed by atoms with Gasteiger partial charge in [-0.25, -0.2) is 0 Å². The van der Waals surface area contributed by atoms with E-state index in [0.29, 0.717) is 5.25 Å². The third kappa shape index (κ3) is 9.00. The molecule has 1 aromatic carbocycles. The van der Waals surface area contributed by atoms with Crippen LogP contribution in [0.2, 0.25) is 0 Å². The fraction of sp³-hybridized carbons (Fsp3) is 0.667. The number of piperazine rings is 1. The molecule has 1 aromatic rings. The molecule has 5 nitrogen and oxygen atoms in total. The normalized spacial score (nSPS) is 17.7. The van der Waals surface area contributed by atoms with Gasteiger partial charge in [0.1, 0.15) is 0 Å². The van der Waals surface area contributed by atoms with Crippen LogP contribution in [0.15, 0.2) is 40.2 Å². The highest BCUT2D eigenvalue weighted by atomic mass is 32.2. The van der Waals surface area contributed by atoms with Crippen LogP contribution in [0, 0.1) is 0 Å². The predicted molar refractivity (Wildman–Crippen MR) is 119 cm³/mol. The number of guanidine groups is 1. The Morgan fingerprint density at radius 1 is 1.07 bits per heavy atom. The quantitative estimate of drug-likeness (QED) is 0.278. The Balaban J connectivity index is 1.52. The maximum absolute atomic E-state index is 4.34. The van der Waals surface area contributed by atoms with E-state index in [1.165, 1.54) is 57.0 Å². The second kappa shape index (κ2) is 13.0. The maximum atomic E-state index is 4.34. The van der Waals surface area contributed by atoms with Crippen LogP contribution in [-0.4, -0.2) is 80.4 Å². The first-order valence-corrected chi connectivity index (χ1v) is 11.2. The summed E-state index contributed by atoms with van der Waals surface area (Å²) in [5.41, 5.74) is 0. The van der Waals surface area contributed by atoms with Gasteiger partial charge >= 0.3 is 0 Å². The second-order valence-electron chi connectivity index (χ2n) is 7.10. The summed E-state index contributed by atoms with van der Waals surface area (Å²) in [4.78, 5) is 10.8. The van der Waals surface area contributed by atoms with Crippen molar-refractivity contribution >= 4 is 17.7 Å². The minimum Gasteiger partial charge on any atom is -0.356 e. The zero-order valence-electron chi connectivity index (χ0n) is 17.3. The molecule has 0 spiro atoms. The fourth-order valence-corrected chi connectivity index (χ4v) is 4.18. The molecule has 0 bridgehead atoms. The van der Waals surface area contributed by atoms with Crippen molar-refractivity contribution in [3.05, 3.63) is 30.3 Å². The van der Waals surface area contributed by atoms with Crippen LogP contribution in [0.1, 0.15) is 26.7 Å². The first-order valence-electron chi connectivity index (χ1n) is 10.3. The Morgan fingerprint density at radius 2 is 1.78 bits per heavy atom. The number of unbranched alkanes of at least 4 members (excludes halogenated alkanes) is 1. The van der Waals surface area contributed by atoms with E-state index in [1.807, 2.05) is 18.8 Å². The average molecular weight is 392 g/mol. The summed E-state index contributed by atoms with van der Waals surface area (Å²) in [5.74, 6) is 0.909. The number of hydrogen-bond acceptors (Lipinski definition) is 4. The van der Waals surface area contributed by atoms with Gasteiger partial charge in [0.05, 0.1) is 0 Å². The lowest BCUT2D eigenvalue weighted by molar-refractivity contribution is 0.136. The number of nitrogens with zero attached hydrogens (tertiary/aromatic N) is 3. The van der Waals surface area contributed by atoms with Gasteiger partial charge in [0.15, 0.2) is 5.96 Å². The summed E-state index contributed by atoms with van der Waals surface area (Å²) in [6.45, 7) is 13.7. The smallest absolute Gasteiger partial charge is 0.191 e. The molecule has 0 radical (unpaired) electrons. The molecule has 27 heavy (non-hydrogen) atoms. The summed E-state index contributed by atoms with van der Waals surface area (Å²) in [6, 6.07) is 10.6. The van der Waals surface area contributed by atoms with E-state index < -0.39 is 0 Å². The van der Waals surface area contributed by atoms with Gasteiger partial charge in [-0.15, -0.1) is 11.8 Å². The van der Waals surface area contributed by atoms with Crippen molar-refractivity contribution in [3.8, 4) is 0 Å². The summed E-state index contributed by atoms with van der Waals surface area (Å²) >= 11 is 1.89. The Kier molecular flexibility index (Phi) is 10.6. The standard InChI is InChI=1S/C21H37N5S/c1-4-25-14-16-26(17-15-25)13-9-8-12-23-21(22-3)24-18-19(2)27-20-10-6-5-7-11-20/h5-7,10-11,19H,4,8-9,12-18H2,1-3H3,(H2,22,23,24). The van der Waals surface area contributed by atoms with Crippen molar-refractivity contribution in [2.45, 2.75) is 36.8 Å². The van der Waals surface area contributed by atoms with E-state index in [0.717, 1.165) is 19.0 Å². The van der Waals surface area contributed by atoms with Crippen molar-refractivity contribution in [2.24, 2.45) is 4.99 Å². The molecule has 1 fully saturated rings. The molecule has 1 aliphatic heterocycles. The summed E-state index contributed by atoms with van der Waals surface area (Å²) in [7, 11) is 1.84. The summed E-state index contributed by atoms with van der Waals surface area (Å²) in [5, 5.41) is 7.38. The van der Waals surface area contributed by atoms with Gasteiger partial charge < -0.3 is 20.4 Å². The van der Waals surface area contributed by atoms with Gasteiger partial charge in [-0.3, -0.25) is 4.99 Å². The van der Waals surface area contributed by atoms with Crippen molar-refractivity contribution in [2.75, 3.05) is 59.4 Å². The molecule has 0 saturated carbocycles. The lowest BCUT2D eigenvalue weighted by atomic mass is 10.2. The Morgan fingerprint density at radius 3 is 2.44 bits per heavy atom. The molecule has 1 atom stereocenters. The van der Waals surface area contributed by atoms with E-state index in [2.05, 4.69) is 69.6 Å². The summed E-state index contributed by atoms with van der Waals surface area (Å²) < 4.78 is 0. The number of likely N-dealkylation sites (N-methyl/N-ethyl adjacent to an activating group) is 1. The Labute approximate surface area is 170 Å². The van der Waals surface area contributed by atoms with Gasteiger partial charge in [-0.05, 0) is 38.1 Å². The van der Waals surface area contributed by atoms with Crippen molar-refractivity contribution < 1.29 is 0 Å². The molecule has 0 amide bonds. The van der Waals surface area contributed by atoms with E-state index >= 15 is 0 Å². The molecule has 152 valence electrons. The minimum atomic E-state index is 0.493. The highest BCUT2D eigenvalue weighted by Crippen LogP contribution is 2.21. The molecule has 6 heteroatoms. The van der Waals surface area contributed by atoms with E-state index in [4.69, 9.17) is 0 Å². The molecule has 1 saturated heterocycles. The topological polar surface area (TPSA) is 42.9 Å². The van der Waals surface area contributed by atoms with Gasteiger partial charge in [-0.2, -0.15) is 0 Å². The third-order valence-corrected chi connectivity index (χ3v) is 6.08. The van der Waals surface area contributed by atoms with E-state index in [1.54, 1.807) is 0 Å². The average Bonchev–Trinajstić information content (AvgIpc) is 2.71. The monoisotopic (exact) mass is 391 g/mol. The number of nitrogens with one attached hydrogen (secondary N) is 2. The van der Waals surface area contributed by atoms with E-state index in [9.17, 15) is 0 Å². The van der Waals surface area contributed by atoms with Crippen molar-refractivity contribution in [3.63, 3.8) is 0 Å². The van der Waals surface area contributed by atoms with Crippen LogP contribution in [-0.2, 0) is 0 Å². The minimum absolute atomic E-state index is 0.493. The van der Waals surface area contributed by atoms with Crippen LogP contribution >= 0.6 is 11.8 Å². The Hall–Kier alpha value is -1.24. The van der Waals surface area contributed by atoms with Gasteiger partial charge in [0.2, 0.25) is 0 Å². The number of rotatable bonds is 10. The summed E-state index contributed by atoms with van der Waals surface area (Å²) in [6.07, 6.45) is 2.43. The second-order valence-corrected chi connectivity index (χ2v) is 8.62. The molecular formula is C21H37N5S. The van der Waals surface area contributed by atoms with Gasteiger partial charge in [0.25, 0.3) is 0 Å². The lowest BCUT2D eigenvalue weighted by Crippen LogP contribution is -2.46. The zero-order valence-corrected chi connectivity index (χ0v) is 18.1. The van der Waals surface area contributed by atoms with Crippen molar-refractivity contribution in [1.82, 2.24) is 20.4 Å². The lowest BCUT2D eigenvalue weighted by Gasteiger charge is -2.34. The first kappa shape index (κ1) is 22.1. The number of hydrogen-bond donors (Lipinski definition) is 2. The van der Waals surface area contributed by atoms with Crippen LogP contribution in [0.25, 0.3) is 0 Å². The molecule has 1 unspecified atom stereocenters. The van der Waals surface area contributed by atoms with Crippen molar-refractivity contribution in [1.29, 1.82) is 0 Å². The molecule has 2 N–H and O–H groups in total. The third-order valence-electron chi connectivity index (χ3n) is 4.97. The highest BCUT2D eigenvalue weighted by Gasteiger charge is 2.14. The molecule has 2 rings (SSSR count). The maximum Gasteiger partial charge on any atom is 0.191 e. The van der Waals surface area contributed by atoms with Gasteiger partial charge in [0, 0.05) is 56.5 Å². The van der Waals surface area contributed by atoms with Crippen LogP contribution in [0.3, 0.4) is 0 Å². The van der Waals surface area contributed by atoms with Crippen LogP contribution in [0.4, 0.5) is 0 Å².